The highest BCUT2D eigenvalue weighted by atomic mass is 32.2. The van der Waals surface area contributed by atoms with E-state index in [9.17, 15) is 9.59 Å². The first-order chi connectivity index (χ1) is 15.6. The second kappa shape index (κ2) is 10.5. The number of thiophene rings is 1. The number of ether oxygens (including phenoxy) is 2. The van der Waals surface area contributed by atoms with Crippen LogP contribution in [-0.2, 0) is 11.4 Å². The van der Waals surface area contributed by atoms with Gasteiger partial charge in [-0.05, 0) is 35.7 Å². The number of aromatic nitrogens is 2. The minimum atomic E-state index is -0.0209. The highest BCUT2D eigenvalue weighted by Gasteiger charge is 2.25. The smallest absolute Gasteiger partial charge is 0.277 e. The minimum absolute atomic E-state index is 0.0209. The van der Waals surface area contributed by atoms with E-state index >= 15 is 0 Å². The van der Waals surface area contributed by atoms with Crippen LogP contribution < -0.4 is 9.47 Å². The van der Waals surface area contributed by atoms with Crippen LogP contribution in [0.3, 0.4) is 0 Å². The largest absolute Gasteiger partial charge is 0.497 e. The summed E-state index contributed by atoms with van der Waals surface area (Å²) in [5.74, 6) is 1.93. The molecule has 3 heterocycles. The highest BCUT2D eigenvalue weighted by molar-refractivity contribution is 7.99. The molecule has 0 saturated carbocycles. The number of amides is 2. The number of hydrogen-bond donors (Lipinski definition) is 0. The van der Waals surface area contributed by atoms with Crippen LogP contribution in [0.15, 0.2) is 51.4 Å². The Bertz CT molecular complexity index is 1030. The molecule has 0 bridgehead atoms. The first-order valence-corrected chi connectivity index (χ1v) is 11.8. The Morgan fingerprint density at radius 2 is 1.78 bits per heavy atom. The minimum Gasteiger partial charge on any atom is -0.497 e. The zero-order chi connectivity index (χ0) is 22.3. The quantitative estimate of drug-likeness (QED) is 0.460. The number of carbonyl (C=O) groups excluding carboxylic acids is 2. The molecule has 3 aromatic rings. The Kier molecular flexibility index (Phi) is 7.28. The van der Waals surface area contributed by atoms with Crippen LogP contribution >= 0.6 is 23.1 Å². The van der Waals surface area contributed by atoms with Crippen LogP contribution in [0.1, 0.15) is 15.6 Å². The Balaban J connectivity index is 1.19. The second-order valence-corrected chi connectivity index (χ2v) is 8.74. The summed E-state index contributed by atoms with van der Waals surface area (Å²) in [6.07, 6.45) is 0. The van der Waals surface area contributed by atoms with Crippen LogP contribution in [0.5, 0.6) is 11.5 Å². The average Bonchev–Trinajstić information content (AvgIpc) is 3.54. The van der Waals surface area contributed by atoms with Crippen molar-refractivity contribution < 1.29 is 23.5 Å². The Morgan fingerprint density at radius 3 is 2.47 bits per heavy atom. The Labute approximate surface area is 193 Å². The molecule has 0 spiro atoms. The number of methoxy groups -OCH3 is 1. The fourth-order valence-corrected chi connectivity index (χ4v) is 4.48. The summed E-state index contributed by atoms with van der Waals surface area (Å²) in [6.45, 7) is 2.22. The molecule has 1 aliphatic rings. The van der Waals surface area contributed by atoms with Crippen molar-refractivity contribution >= 4 is 34.9 Å². The van der Waals surface area contributed by atoms with Gasteiger partial charge in [-0.25, -0.2) is 0 Å². The fourth-order valence-electron chi connectivity index (χ4n) is 3.10. The van der Waals surface area contributed by atoms with Gasteiger partial charge in [0.25, 0.3) is 17.0 Å². The normalized spacial score (nSPS) is 13.8. The third-order valence-corrected chi connectivity index (χ3v) is 6.50. The molecular weight excluding hydrogens is 452 g/mol. The molecule has 9 nitrogen and oxygen atoms in total. The van der Waals surface area contributed by atoms with Crippen molar-refractivity contribution in [3.05, 3.63) is 52.5 Å². The molecule has 0 N–H and O–H groups in total. The van der Waals surface area contributed by atoms with Gasteiger partial charge in [0.15, 0.2) is 6.61 Å². The predicted molar refractivity (Wildman–Crippen MR) is 119 cm³/mol. The zero-order valence-corrected chi connectivity index (χ0v) is 19.1. The van der Waals surface area contributed by atoms with Crippen LogP contribution in [0.25, 0.3) is 0 Å². The van der Waals surface area contributed by atoms with Crippen molar-refractivity contribution in [3.8, 4) is 11.5 Å². The third-order valence-electron chi connectivity index (χ3n) is 4.84. The van der Waals surface area contributed by atoms with Gasteiger partial charge >= 0.3 is 0 Å². The van der Waals surface area contributed by atoms with E-state index in [4.69, 9.17) is 13.9 Å². The maximum atomic E-state index is 12.5. The van der Waals surface area contributed by atoms with E-state index in [2.05, 4.69) is 10.2 Å². The molecule has 2 aromatic heterocycles. The van der Waals surface area contributed by atoms with Crippen molar-refractivity contribution in [1.82, 2.24) is 20.0 Å². The summed E-state index contributed by atoms with van der Waals surface area (Å²) in [5, 5.41) is 10.1. The van der Waals surface area contributed by atoms with E-state index in [0.717, 1.165) is 10.6 Å². The van der Waals surface area contributed by atoms with Crippen molar-refractivity contribution in [2.45, 2.75) is 11.8 Å². The molecule has 1 saturated heterocycles. The topological polar surface area (TPSA) is 98.0 Å². The molecule has 0 aliphatic carbocycles. The molecule has 168 valence electrons. The van der Waals surface area contributed by atoms with Crippen molar-refractivity contribution in [2.24, 2.45) is 0 Å². The average molecular weight is 475 g/mol. The summed E-state index contributed by atoms with van der Waals surface area (Å²) in [6, 6.07) is 10.9. The van der Waals surface area contributed by atoms with E-state index in [1.54, 1.807) is 41.2 Å². The number of nitrogens with zero attached hydrogens (tertiary/aromatic N) is 4. The third kappa shape index (κ3) is 5.60. The van der Waals surface area contributed by atoms with Gasteiger partial charge in [0.1, 0.15) is 11.5 Å². The maximum Gasteiger partial charge on any atom is 0.277 e. The molecule has 0 atom stereocenters. The molecule has 11 heteroatoms. The molecule has 1 aliphatic heterocycles. The molecule has 2 amide bonds. The standard InChI is InChI=1S/C21H22N4O5S2/c1-28-15-4-6-16(7-5-15)29-13-18-22-23-21(30-18)32-14-19(26)24-8-10-25(11-9-24)20(27)17-3-2-12-31-17/h2-7,12H,8-11,13-14H2,1H3. The highest BCUT2D eigenvalue weighted by Crippen LogP contribution is 2.21. The van der Waals surface area contributed by atoms with Gasteiger partial charge in [0.05, 0.1) is 17.7 Å². The molecule has 4 rings (SSSR count). The van der Waals surface area contributed by atoms with Crippen molar-refractivity contribution in [2.75, 3.05) is 39.0 Å². The SMILES string of the molecule is COc1ccc(OCc2nnc(SCC(=O)N3CCN(C(=O)c4cccs4)CC3)o2)cc1. The van der Waals surface area contributed by atoms with E-state index in [1.807, 2.05) is 17.5 Å². The lowest BCUT2D eigenvalue weighted by atomic mass is 10.3. The van der Waals surface area contributed by atoms with Gasteiger partial charge < -0.3 is 23.7 Å². The molecule has 1 aromatic carbocycles. The number of piperazine rings is 1. The number of benzene rings is 1. The van der Waals surface area contributed by atoms with Gasteiger partial charge in [0.2, 0.25) is 5.91 Å². The number of rotatable bonds is 8. The van der Waals surface area contributed by atoms with E-state index in [-0.39, 0.29) is 24.2 Å². The second-order valence-electron chi connectivity index (χ2n) is 6.86. The lowest BCUT2D eigenvalue weighted by Gasteiger charge is -2.34. The van der Waals surface area contributed by atoms with Crippen LogP contribution in [0, 0.1) is 0 Å². The van der Waals surface area contributed by atoms with Gasteiger partial charge in [-0.3, -0.25) is 9.59 Å². The van der Waals surface area contributed by atoms with Crippen LogP contribution in [0.2, 0.25) is 0 Å². The first kappa shape index (κ1) is 22.2. The monoisotopic (exact) mass is 474 g/mol. The van der Waals surface area contributed by atoms with Crippen molar-refractivity contribution in [3.63, 3.8) is 0 Å². The van der Waals surface area contributed by atoms with Gasteiger partial charge in [0, 0.05) is 26.2 Å². The van der Waals surface area contributed by atoms with Crippen LogP contribution in [0.4, 0.5) is 0 Å². The summed E-state index contributed by atoms with van der Waals surface area (Å²) >= 11 is 2.62. The first-order valence-electron chi connectivity index (χ1n) is 9.95. The Hall–Kier alpha value is -3.05. The van der Waals surface area contributed by atoms with Gasteiger partial charge in [-0.2, -0.15) is 0 Å². The molecule has 0 unspecified atom stereocenters. The molecule has 0 radical (unpaired) electrons. The van der Waals surface area contributed by atoms with Crippen LogP contribution in [-0.4, -0.2) is 70.9 Å². The van der Waals surface area contributed by atoms with Gasteiger partial charge in [-0.1, -0.05) is 17.8 Å². The number of hydrogen-bond acceptors (Lipinski definition) is 9. The van der Waals surface area contributed by atoms with Gasteiger partial charge in [-0.15, -0.1) is 21.5 Å². The van der Waals surface area contributed by atoms with E-state index in [0.29, 0.717) is 43.0 Å². The summed E-state index contributed by atoms with van der Waals surface area (Å²) < 4.78 is 16.3. The molecule has 1 fully saturated rings. The summed E-state index contributed by atoms with van der Waals surface area (Å²) in [7, 11) is 1.60. The summed E-state index contributed by atoms with van der Waals surface area (Å²) in [4.78, 5) is 29.2. The zero-order valence-electron chi connectivity index (χ0n) is 17.4. The lowest BCUT2D eigenvalue weighted by molar-refractivity contribution is -0.129. The van der Waals surface area contributed by atoms with E-state index in [1.165, 1.54) is 23.1 Å². The predicted octanol–water partition coefficient (Wildman–Crippen LogP) is 2.80. The molecular formula is C21H22N4O5S2. The number of carbonyl (C=O) groups is 2. The molecule has 32 heavy (non-hydrogen) atoms. The summed E-state index contributed by atoms with van der Waals surface area (Å²) in [5.41, 5.74) is 0. The van der Waals surface area contributed by atoms with Crippen molar-refractivity contribution in [1.29, 1.82) is 0 Å². The maximum absolute atomic E-state index is 12.5. The van der Waals surface area contributed by atoms with E-state index < -0.39 is 0 Å². The fraction of sp³-hybridized carbons (Fsp3) is 0.333. The number of thioether (sulfide) groups is 1. The lowest BCUT2D eigenvalue weighted by Crippen LogP contribution is -2.51. The Morgan fingerprint density at radius 1 is 1.06 bits per heavy atom.